The van der Waals surface area contributed by atoms with E-state index in [-0.39, 0.29) is 29.8 Å². The van der Waals surface area contributed by atoms with Gasteiger partial charge in [-0.1, -0.05) is 23.7 Å². The first-order chi connectivity index (χ1) is 11.2. The zero-order valence-corrected chi connectivity index (χ0v) is 16.5. The lowest BCUT2D eigenvalue weighted by Crippen LogP contribution is -2.38. The number of rotatable bonds is 6. The highest BCUT2D eigenvalue weighted by Crippen LogP contribution is 2.18. The minimum Gasteiger partial charge on any atom is -0.357 e. The van der Waals surface area contributed by atoms with Crippen LogP contribution in [0, 0.1) is 5.82 Å². The van der Waals surface area contributed by atoms with E-state index in [1.807, 2.05) is 25.1 Å². The second-order valence-corrected chi connectivity index (χ2v) is 5.30. The maximum Gasteiger partial charge on any atom is 0.191 e. The number of nitrogens with one attached hydrogen (secondary N) is 2. The van der Waals surface area contributed by atoms with Gasteiger partial charge in [0, 0.05) is 29.9 Å². The molecule has 0 aliphatic heterocycles. The molecule has 24 heavy (non-hydrogen) atoms. The Hall–Kier alpha value is -1.41. The van der Waals surface area contributed by atoms with E-state index >= 15 is 0 Å². The molecule has 0 aliphatic carbocycles. The van der Waals surface area contributed by atoms with Crippen molar-refractivity contribution >= 4 is 41.5 Å². The van der Waals surface area contributed by atoms with E-state index < -0.39 is 0 Å². The van der Waals surface area contributed by atoms with Gasteiger partial charge < -0.3 is 10.6 Å². The minimum atomic E-state index is -0.283. The van der Waals surface area contributed by atoms with Gasteiger partial charge in [0.15, 0.2) is 5.96 Å². The lowest BCUT2D eigenvalue weighted by molar-refractivity contribution is 0.607. The van der Waals surface area contributed by atoms with Gasteiger partial charge in [0.25, 0.3) is 0 Å². The molecule has 0 fully saturated rings. The summed E-state index contributed by atoms with van der Waals surface area (Å²) >= 11 is 6.03. The molecule has 1 aromatic heterocycles. The average Bonchev–Trinajstić information content (AvgIpc) is 2.56. The topological polar surface area (TPSA) is 49.3 Å². The smallest absolute Gasteiger partial charge is 0.191 e. The Morgan fingerprint density at radius 1 is 1.21 bits per heavy atom. The van der Waals surface area contributed by atoms with Gasteiger partial charge in [-0.25, -0.2) is 9.38 Å². The van der Waals surface area contributed by atoms with Crippen molar-refractivity contribution in [3.05, 3.63) is 64.7 Å². The van der Waals surface area contributed by atoms with Crippen molar-refractivity contribution in [1.29, 1.82) is 0 Å². The highest BCUT2D eigenvalue weighted by Gasteiger charge is 2.06. The van der Waals surface area contributed by atoms with Crippen LogP contribution in [-0.4, -0.2) is 24.0 Å². The molecule has 0 spiro atoms. The number of guanidine groups is 1. The minimum absolute atomic E-state index is 0. The molecule has 0 saturated heterocycles. The SMILES string of the molecule is CCNC(=NCc1ccccn1)NCCc1c(F)cccc1Cl.I. The largest absolute Gasteiger partial charge is 0.357 e. The molecule has 0 amide bonds. The monoisotopic (exact) mass is 462 g/mol. The van der Waals surface area contributed by atoms with Crippen LogP contribution in [0.2, 0.25) is 5.02 Å². The number of halogens is 3. The predicted molar refractivity (Wildman–Crippen MR) is 108 cm³/mol. The van der Waals surface area contributed by atoms with Gasteiger partial charge in [-0.3, -0.25) is 4.98 Å². The van der Waals surface area contributed by atoms with E-state index in [0.29, 0.717) is 36.1 Å². The second-order valence-electron chi connectivity index (χ2n) is 4.89. The summed E-state index contributed by atoms with van der Waals surface area (Å²) in [6, 6.07) is 10.4. The van der Waals surface area contributed by atoms with Crippen LogP contribution >= 0.6 is 35.6 Å². The normalized spacial score (nSPS) is 10.9. The fourth-order valence-corrected chi connectivity index (χ4v) is 2.33. The van der Waals surface area contributed by atoms with Crippen LogP contribution in [0.4, 0.5) is 4.39 Å². The number of aromatic nitrogens is 1. The molecule has 130 valence electrons. The highest BCUT2D eigenvalue weighted by molar-refractivity contribution is 14.0. The third-order valence-corrected chi connectivity index (χ3v) is 3.55. The Balaban J connectivity index is 0.00000288. The van der Waals surface area contributed by atoms with Crippen molar-refractivity contribution in [2.24, 2.45) is 4.99 Å². The van der Waals surface area contributed by atoms with Gasteiger partial charge in [-0.2, -0.15) is 0 Å². The summed E-state index contributed by atoms with van der Waals surface area (Å²) in [7, 11) is 0. The Kier molecular flexibility index (Phi) is 9.63. The van der Waals surface area contributed by atoms with E-state index in [1.165, 1.54) is 6.07 Å². The van der Waals surface area contributed by atoms with Crippen LogP contribution in [0.1, 0.15) is 18.2 Å². The van der Waals surface area contributed by atoms with E-state index in [2.05, 4.69) is 20.6 Å². The first-order valence-corrected chi connectivity index (χ1v) is 7.93. The first kappa shape index (κ1) is 20.6. The van der Waals surface area contributed by atoms with Gasteiger partial charge in [0.05, 0.1) is 12.2 Å². The van der Waals surface area contributed by atoms with Crippen LogP contribution in [-0.2, 0) is 13.0 Å². The van der Waals surface area contributed by atoms with Crippen molar-refractivity contribution in [3.8, 4) is 0 Å². The zero-order valence-electron chi connectivity index (χ0n) is 13.4. The number of pyridine rings is 1. The van der Waals surface area contributed by atoms with E-state index in [0.717, 1.165) is 12.2 Å². The Morgan fingerprint density at radius 3 is 2.71 bits per heavy atom. The Labute approximate surface area is 164 Å². The number of hydrogen-bond acceptors (Lipinski definition) is 2. The number of aliphatic imine (C=N–C) groups is 1. The summed E-state index contributed by atoms with van der Waals surface area (Å²) < 4.78 is 13.7. The quantitative estimate of drug-likeness (QED) is 0.390. The third-order valence-electron chi connectivity index (χ3n) is 3.20. The Bertz CT molecular complexity index is 632. The number of hydrogen-bond donors (Lipinski definition) is 2. The molecule has 0 aliphatic rings. The van der Waals surface area contributed by atoms with Crippen molar-refractivity contribution in [1.82, 2.24) is 15.6 Å². The van der Waals surface area contributed by atoms with Gasteiger partial charge in [-0.05, 0) is 37.6 Å². The third kappa shape index (κ3) is 6.60. The Morgan fingerprint density at radius 2 is 2.04 bits per heavy atom. The molecule has 0 radical (unpaired) electrons. The molecule has 1 heterocycles. The van der Waals surface area contributed by atoms with E-state index in [1.54, 1.807) is 18.3 Å². The second kappa shape index (κ2) is 11.2. The zero-order chi connectivity index (χ0) is 16.5. The summed E-state index contributed by atoms with van der Waals surface area (Å²) in [5.74, 6) is 0.389. The molecule has 2 rings (SSSR count). The molecular weight excluding hydrogens is 442 g/mol. The molecule has 0 unspecified atom stereocenters. The molecular formula is C17H21ClFIN4. The number of nitrogens with zero attached hydrogens (tertiary/aromatic N) is 2. The summed E-state index contributed by atoms with van der Waals surface area (Å²) in [6.07, 6.45) is 2.23. The van der Waals surface area contributed by atoms with Crippen LogP contribution in [0.25, 0.3) is 0 Å². The fraction of sp³-hybridized carbons (Fsp3) is 0.294. The van der Waals surface area contributed by atoms with E-state index in [4.69, 9.17) is 11.6 Å². The van der Waals surface area contributed by atoms with Crippen molar-refractivity contribution < 1.29 is 4.39 Å². The summed E-state index contributed by atoms with van der Waals surface area (Å²) in [5, 5.41) is 6.78. The molecule has 4 nitrogen and oxygen atoms in total. The number of benzene rings is 1. The van der Waals surface area contributed by atoms with Crippen LogP contribution in [0.3, 0.4) is 0 Å². The highest BCUT2D eigenvalue weighted by atomic mass is 127. The lowest BCUT2D eigenvalue weighted by atomic mass is 10.1. The first-order valence-electron chi connectivity index (χ1n) is 7.55. The maximum atomic E-state index is 13.7. The van der Waals surface area contributed by atoms with Crippen LogP contribution < -0.4 is 10.6 Å². The molecule has 0 bridgehead atoms. The predicted octanol–water partition coefficient (Wildman–Crippen LogP) is 3.79. The molecule has 2 aromatic rings. The molecule has 7 heteroatoms. The maximum absolute atomic E-state index is 13.7. The van der Waals surface area contributed by atoms with Crippen LogP contribution in [0.15, 0.2) is 47.6 Å². The fourth-order valence-electron chi connectivity index (χ4n) is 2.07. The van der Waals surface area contributed by atoms with Crippen molar-refractivity contribution in [2.75, 3.05) is 13.1 Å². The molecule has 1 aromatic carbocycles. The van der Waals surface area contributed by atoms with Gasteiger partial charge in [0.1, 0.15) is 5.82 Å². The van der Waals surface area contributed by atoms with Gasteiger partial charge >= 0.3 is 0 Å². The van der Waals surface area contributed by atoms with Crippen molar-refractivity contribution in [2.45, 2.75) is 19.9 Å². The average molecular weight is 463 g/mol. The van der Waals surface area contributed by atoms with Gasteiger partial charge in [0.2, 0.25) is 0 Å². The standard InChI is InChI=1S/C17H20ClFN4.HI/c1-2-20-17(23-12-13-6-3-4-10-21-13)22-11-9-14-15(18)7-5-8-16(14)19;/h3-8,10H,2,9,11-12H2,1H3,(H2,20,22,23);1H. The van der Waals surface area contributed by atoms with Crippen LogP contribution in [0.5, 0.6) is 0 Å². The molecule has 0 atom stereocenters. The molecule has 0 saturated carbocycles. The lowest BCUT2D eigenvalue weighted by Gasteiger charge is -2.12. The molecule has 2 N–H and O–H groups in total. The summed E-state index contributed by atoms with van der Waals surface area (Å²) in [6.45, 7) is 3.76. The summed E-state index contributed by atoms with van der Waals surface area (Å²) in [5.41, 5.74) is 1.41. The van der Waals surface area contributed by atoms with Gasteiger partial charge in [-0.15, -0.1) is 24.0 Å². The van der Waals surface area contributed by atoms with Crippen molar-refractivity contribution in [3.63, 3.8) is 0 Å². The summed E-state index contributed by atoms with van der Waals surface area (Å²) in [4.78, 5) is 8.70. The van der Waals surface area contributed by atoms with E-state index in [9.17, 15) is 4.39 Å².